The number of hydrogen-bond acceptors (Lipinski definition) is 6. The smallest absolute Gasteiger partial charge is 0.269 e. The van der Waals surface area contributed by atoms with Crippen molar-refractivity contribution in [1.29, 1.82) is 0 Å². The summed E-state index contributed by atoms with van der Waals surface area (Å²) in [6.07, 6.45) is 4.66. The molecule has 9 nitrogen and oxygen atoms in total. The number of hydrazine groups is 1. The maximum atomic E-state index is 15.0. The number of anilines is 1. The molecule has 0 saturated carbocycles. The molecule has 248 valence electrons. The van der Waals surface area contributed by atoms with E-state index in [1.54, 1.807) is 24.7 Å². The molecule has 0 spiro atoms. The minimum absolute atomic E-state index is 0.0222. The van der Waals surface area contributed by atoms with Crippen LogP contribution in [0.1, 0.15) is 43.0 Å². The van der Waals surface area contributed by atoms with Crippen LogP contribution in [0.5, 0.6) is 0 Å². The molecular formula is C39H38N6O3S. The van der Waals surface area contributed by atoms with Crippen LogP contribution in [0.4, 0.5) is 11.4 Å². The number of aromatic nitrogens is 2. The standard InChI is InChI=1S/C39H38N6O3S/c1-27(2)21-22-41-44(39(49)42-36-16-8-12-30-10-4-6-15-34(30)36)38(46)35(23-31-13-7-11-29-9-3-5-14-33(29)31)37-24-40-26-43(37)25-28-17-19-32(20-18-28)45(47)48/h3-20,24,26-27,35,41H,21-23,25H2,1-2H3,(H,42,49). The summed E-state index contributed by atoms with van der Waals surface area (Å²) in [6.45, 7) is 5.21. The number of nitro groups is 1. The van der Waals surface area contributed by atoms with Crippen molar-refractivity contribution in [3.63, 3.8) is 0 Å². The molecule has 49 heavy (non-hydrogen) atoms. The maximum Gasteiger partial charge on any atom is 0.269 e. The van der Waals surface area contributed by atoms with E-state index in [9.17, 15) is 14.9 Å². The number of non-ortho nitro benzene ring substituents is 1. The minimum Gasteiger partial charge on any atom is -0.331 e. The fourth-order valence-corrected chi connectivity index (χ4v) is 6.32. The molecule has 0 aliphatic rings. The lowest BCUT2D eigenvalue weighted by atomic mass is 9.92. The van der Waals surface area contributed by atoms with Gasteiger partial charge in [-0.15, -0.1) is 0 Å². The van der Waals surface area contributed by atoms with Gasteiger partial charge >= 0.3 is 0 Å². The van der Waals surface area contributed by atoms with Crippen LogP contribution in [0.25, 0.3) is 21.5 Å². The zero-order valence-corrected chi connectivity index (χ0v) is 28.3. The summed E-state index contributed by atoms with van der Waals surface area (Å²) in [7, 11) is 0. The first-order valence-electron chi connectivity index (χ1n) is 16.3. The van der Waals surface area contributed by atoms with E-state index in [0.717, 1.165) is 44.8 Å². The van der Waals surface area contributed by atoms with E-state index in [0.29, 0.717) is 31.1 Å². The highest BCUT2D eigenvalue weighted by atomic mass is 32.1. The minimum atomic E-state index is -0.676. The van der Waals surface area contributed by atoms with E-state index in [1.807, 2.05) is 65.2 Å². The van der Waals surface area contributed by atoms with Crippen molar-refractivity contribution < 1.29 is 9.72 Å². The summed E-state index contributed by atoms with van der Waals surface area (Å²) in [5.74, 6) is -0.483. The van der Waals surface area contributed by atoms with Crippen molar-refractivity contribution in [1.82, 2.24) is 20.0 Å². The van der Waals surface area contributed by atoms with Crippen LogP contribution in [0.15, 0.2) is 122 Å². The first kappa shape index (κ1) is 33.5. The lowest BCUT2D eigenvalue weighted by Crippen LogP contribution is -2.51. The number of nitrogens with zero attached hydrogens (tertiary/aromatic N) is 4. The topological polar surface area (TPSA) is 105 Å². The van der Waals surface area contributed by atoms with E-state index in [-0.39, 0.29) is 16.7 Å². The van der Waals surface area contributed by atoms with E-state index in [4.69, 9.17) is 12.2 Å². The Hall–Kier alpha value is -5.45. The Bertz CT molecular complexity index is 2100. The number of benzene rings is 5. The summed E-state index contributed by atoms with van der Waals surface area (Å²) in [4.78, 5) is 30.3. The van der Waals surface area contributed by atoms with Crippen LogP contribution in [-0.4, -0.2) is 37.0 Å². The second-order valence-electron chi connectivity index (χ2n) is 12.5. The Morgan fingerprint density at radius 3 is 2.27 bits per heavy atom. The second-order valence-corrected chi connectivity index (χ2v) is 12.9. The molecule has 0 saturated heterocycles. The van der Waals surface area contributed by atoms with E-state index in [1.165, 1.54) is 17.1 Å². The number of nitrogens with one attached hydrogen (secondary N) is 2. The van der Waals surface area contributed by atoms with Crippen molar-refractivity contribution in [2.45, 2.75) is 39.2 Å². The quantitative estimate of drug-likeness (QED) is 0.0768. The number of hydrogen-bond donors (Lipinski definition) is 2. The predicted octanol–water partition coefficient (Wildman–Crippen LogP) is 8.25. The predicted molar refractivity (Wildman–Crippen MR) is 199 cm³/mol. The molecule has 6 rings (SSSR count). The molecule has 1 amide bonds. The van der Waals surface area contributed by atoms with Gasteiger partial charge in [-0.2, -0.15) is 0 Å². The molecule has 1 aromatic heterocycles. The van der Waals surface area contributed by atoms with Crippen LogP contribution in [0.2, 0.25) is 0 Å². The number of carbonyl (C=O) groups is 1. The number of nitro benzene ring substituents is 1. The first-order chi connectivity index (χ1) is 23.8. The van der Waals surface area contributed by atoms with Crippen LogP contribution >= 0.6 is 12.2 Å². The third-order valence-corrected chi connectivity index (χ3v) is 8.93. The van der Waals surface area contributed by atoms with Gasteiger partial charge in [0.2, 0.25) is 0 Å². The Labute approximate surface area is 290 Å². The number of thiocarbonyl (C=S) groups is 1. The molecular weight excluding hydrogens is 633 g/mol. The van der Waals surface area contributed by atoms with Gasteiger partial charge in [0, 0.05) is 42.5 Å². The molecule has 5 aromatic carbocycles. The molecule has 0 aliphatic carbocycles. The largest absolute Gasteiger partial charge is 0.331 e. The molecule has 1 atom stereocenters. The van der Waals surface area contributed by atoms with Crippen LogP contribution in [0.3, 0.4) is 0 Å². The van der Waals surface area contributed by atoms with Gasteiger partial charge in [-0.05, 0) is 64.3 Å². The zero-order valence-electron chi connectivity index (χ0n) is 27.5. The molecule has 6 aromatic rings. The summed E-state index contributed by atoms with van der Waals surface area (Å²) in [5, 5.41) is 20.6. The SMILES string of the molecule is CC(C)CCNN(C(=O)C(Cc1cccc2ccccc12)c1cncn1Cc1ccc([N+](=O)[O-])cc1)C(=S)Nc1cccc2ccccc12. The third kappa shape index (κ3) is 7.83. The van der Waals surface area contributed by atoms with Crippen molar-refractivity contribution in [3.8, 4) is 0 Å². The number of fused-ring (bicyclic) bond motifs is 2. The fourth-order valence-electron chi connectivity index (χ4n) is 6.06. The summed E-state index contributed by atoms with van der Waals surface area (Å²) < 4.78 is 1.93. The second kappa shape index (κ2) is 15.2. The Balaban J connectivity index is 1.39. The van der Waals surface area contributed by atoms with Gasteiger partial charge in [0.25, 0.3) is 11.6 Å². The summed E-state index contributed by atoms with van der Waals surface area (Å²) >= 11 is 5.99. The van der Waals surface area contributed by atoms with Crippen molar-refractivity contribution >= 4 is 56.2 Å². The van der Waals surface area contributed by atoms with Gasteiger partial charge in [-0.3, -0.25) is 14.9 Å². The van der Waals surface area contributed by atoms with Gasteiger partial charge in [-0.25, -0.2) is 15.4 Å². The highest BCUT2D eigenvalue weighted by molar-refractivity contribution is 7.80. The van der Waals surface area contributed by atoms with Gasteiger partial charge in [0.15, 0.2) is 5.11 Å². The normalized spacial score (nSPS) is 11.9. The molecule has 0 aliphatic heterocycles. The Morgan fingerprint density at radius 2 is 1.55 bits per heavy atom. The van der Waals surface area contributed by atoms with Gasteiger partial charge in [-0.1, -0.05) is 105 Å². The third-order valence-electron chi connectivity index (χ3n) is 8.65. The van der Waals surface area contributed by atoms with Crippen molar-refractivity contribution in [2.75, 3.05) is 11.9 Å². The highest BCUT2D eigenvalue weighted by Crippen LogP contribution is 2.29. The number of carbonyl (C=O) groups excluding carboxylic acids is 1. The first-order valence-corrected chi connectivity index (χ1v) is 16.8. The van der Waals surface area contributed by atoms with E-state index >= 15 is 0 Å². The average molecular weight is 671 g/mol. The lowest BCUT2D eigenvalue weighted by Gasteiger charge is -2.30. The molecule has 0 fully saturated rings. The Morgan fingerprint density at radius 1 is 0.898 bits per heavy atom. The van der Waals surface area contributed by atoms with Crippen LogP contribution < -0.4 is 10.7 Å². The van der Waals surface area contributed by atoms with Gasteiger partial charge in [0.1, 0.15) is 0 Å². The van der Waals surface area contributed by atoms with E-state index in [2.05, 4.69) is 53.8 Å². The molecule has 1 heterocycles. The average Bonchev–Trinajstić information content (AvgIpc) is 3.56. The lowest BCUT2D eigenvalue weighted by molar-refractivity contribution is -0.384. The summed E-state index contributed by atoms with van der Waals surface area (Å²) in [5.41, 5.74) is 6.76. The number of amides is 1. The van der Waals surface area contributed by atoms with Crippen LogP contribution in [-0.2, 0) is 17.8 Å². The van der Waals surface area contributed by atoms with Crippen LogP contribution in [0, 0.1) is 16.0 Å². The fraction of sp³-hybridized carbons (Fsp3) is 0.205. The monoisotopic (exact) mass is 670 g/mol. The highest BCUT2D eigenvalue weighted by Gasteiger charge is 2.32. The molecule has 0 radical (unpaired) electrons. The maximum absolute atomic E-state index is 15.0. The number of rotatable bonds is 12. The molecule has 2 N–H and O–H groups in total. The Kier molecular flexibility index (Phi) is 10.4. The zero-order chi connectivity index (χ0) is 34.3. The van der Waals surface area contributed by atoms with Crippen molar-refractivity contribution in [3.05, 3.63) is 149 Å². The van der Waals surface area contributed by atoms with Gasteiger partial charge in [0.05, 0.1) is 22.9 Å². The summed E-state index contributed by atoms with van der Waals surface area (Å²) in [6, 6.07) is 34.7. The molecule has 10 heteroatoms. The number of imidazole rings is 1. The molecule has 1 unspecified atom stereocenters. The van der Waals surface area contributed by atoms with E-state index < -0.39 is 10.8 Å². The van der Waals surface area contributed by atoms with Gasteiger partial charge < -0.3 is 9.88 Å². The van der Waals surface area contributed by atoms with Crippen molar-refractivity contribution in [2.24, 2.45) is 5.92 Å². The molecule has 0 bridgehead atoms.